The van der Waals surface area contributed by atoms with Crippen molar-refractivity contribution in [1.82, 2.24) is 4.90 Å². The van der Waals surface area contributed by atoms with Gasteiger partial charge in [0.15, 0.2) is 0 Å². The van der Waals surface area contributed by atoms with Gasteiger partial charge in [-0.1, -0.05) is 30.3 Å². The van der Waals surface area contributed by atoms with Crippen LogP contribution >= 0.6 is 0 Å². The number of nitrogens with zero attached hydrogens (tertiary/aromatic N) is 1. The smallest absolute Gasteiger partial charge is 0.304 e. The standard InChI is InChI=1S/C14H19F2NO2/c1-11(2)17(9-8-13(18)19)10-14(15,16)12-6-4-3-5-7-12/h3-7,11H,8-10H2,1-2H3,(H,18,19). The summed E-state index contributed by atoms with van der Waals surface area (Å²) in [6, 6.07) is 7.46. The SMILES string of the molecule is CC(C)N(CCC(=O)O)CC(F)(F)c1ccccc1. The Morgan fingerprint density at radius 3 is 2.37 bits per heavy atom. The second kappa shape index (κ2) is 6.61. The van der Waals surface area contributed by atoms with Crippen molar-refractivity contribution in [3.05, 3.63) is 35.9 Å². The highest BCUT2D eigenvalue weighted by molar-refractivity contribution is 5.66. The highest BCUT2D eigenvalue weighted by atomic mass is 19.3. The average molecular weight is 271 g/mol. The van der Waals surface area contributed by atoms with E-state index in [4.69, 9.17) is 5.11 Å². The first-order valence-electron chi connectivity index (χ1n) is 6.22. The number of benzene rings is 1. The lowest BCUT2D eigenvalue weighted by Crippen LogP contribution is -2.40. The molecule has 0 radical (unpaired) electrons. The molecule has 0 saturated carbocycles. The van der Waals surface area contributed by atoms with Crippen LogP contribution in [0.15, 0.2) is 30.3 Å². The fourth-order valence-electron chi connectivity index (χ4n) is 1.79. The van der Waals surface area contributed by atoms with E-state index in [2.05, 4.69) is 0 Å². The molecular weight excluding hydrogens is 252 g/mol. The number of carboxylic acids is 1. The molecule has 1 aromatic carbocycles. The number of rotatable bonds is 7. The highest BCUT2D eigenvalue weighted by Gasteiger charge is 2.34. The fourth-order valence-corrected chi connectivity index (χ4v) is 1.79. The van der Waals surface area contributed by atoms with Gasteiger partial charge in [0.1, 0.15) is 0 Å². The first-order chi connectivity index (χ1) is 8.83. The Bertz CT molecular complexity index is 407. The largest absolute Gasteiger partial charge is 0.481 e. The van der Waals surface area contributed by atoms with Gasteiger partial charge in [-0.25, -0.2) is 0 Å². The molecular formula is C14H19F2NO2. The summed E-state index contributed by atoms with van der Waals surface area (Å²) in [5.74, 6) is -3.96. The van der Waals surface area contributed by atoms with E-state index in [1.165, 1.54) is 17.0 Å². The van der Waals surface area contributed by atoms with Crippen LogP contribution in [0, 0.1) is 0 Å². The second-order valence-corrected chi connectivity index (χ2v) is 4.78. The lowest BCUT2D eigenvalue weighted by molar-refractivity contribution is -0.138. The zero-order valence-corrected chi connectivity index (χ0v) is 11.1. The summed E-state index contributed by atoms with van der Waals surface area (Å²) in [6.45, 7) is 3.21. The van der Waals surface area contributed by atoms with Crippen molar-refractivity contribution in [3.63, 3.8) is 0 Å². The van der Waals surface area contributed by atoms with E-state index in [1.54, 1.807) is 32.0 Å². The molecule has 0 aromatic heterocycles. The third-order valence-corrected chi connectivity index (χ3v) is 2.94. The number of carbonyl (C=O) groups is 1. The Morgan fingerprint density at radius 2 is 1.89 bits per heavy atom. The molecule has 0 aliphatic carbocycles. The minimum absolute atomic E-state index is 0.0454. The van der Waals surface area contributed by atoms with Crippen molar-refractivity contribution >= 4 is 5.97 Å². The van der Waals surface area contributed by atoms with Crippen LogP contribution in [0.4, 0.5) is 8.78 Å². The van der Waals surface area contributed by atoms with Gasteiger partial charge in [-0.2, -0.15) is 8.78 Å². The summed E-state index contributed by atoms with van der Waals surface area (Å²) in [7, 11) is 0. The summed E-state index contributed by atoms with van der Waals surface area (Å²) in [5.41, 5.74) is -0.0454. The number of hydrogen-bond donors (Lipinski definition) is 1. The van der Waals surface area contributed by atoms with Gasteiger partial charge in [0.2, 0.25) is 0 Å². The Morgan fingerprint density at radius 1 is 1.32 bits per heavy atom. The van der Waals surface area contributed by atoms with E-state index >= 15 is 0 Å². The van der Waals surface area contributed by atoms with Gasteiger partial charge in [-0.15, -0.1) is 0 Å². The number of halogens is 2. The topological polar surface area (TPSA) is 40.5 Å². The lowest BCUT2D eigenvalue weighted by Gasteiger charge is -2.30. The first kappa shape index (κ1) is 15.6. The Balaban J connectivity index is 2.75. The molecule has 1 N–H and O–H groups in total. The molecule has 3 nitrogen and oxygen atoms in total. The minimum atomic E-state index is -2.98. The van der Waals surface area contributed by atoms with Crippen molar-refractivity contribution in [1.29, 1.82) is 0 Å². The predicted octanol–water partition coefficient (Wildman–Crippen LogP) is 2.96. The summed E-state index contributed by atoms with van der Waals surface area (Å²) >= 11 is 0. The fraction of sp³-hybridized carbons (Fsp3) is 0.500. The third-order valence-electron chi connectivity index (χ3n) is 2.94. The molecule has 1 aromatic rings. The van der Waals surface area contributed by atoms with Crippen LogP contribution in [-0.4, -0.2) is 35.1 Å². The average Bonchev–Trinajstić information content (AvgIpc) is 2.35. The predicted molar refractivity (Wildman–Crippen MR) is 69.3 cm³/mol. The summed E-state index contributed by atoms with van der Waals surface area (Å²) in [6.07, 6.45) is -0.136. The molecule has 0 bridgehead atoms. The van der Waals surface area contributed by atoms with Crippen LogP contribution in [-0.2, 0) is 10.7 Å². The summed E-state index contributed by atoms with van der Waals surface area (Å²) in [4.78, 5) is 12.0. The lowest BCUT2D eigenvalue weighted by atomic mass is 10.1. The molecule has 0 unspecified atom stereocenters. The summed E-state index contributed by atoms with van der Waals surface area (Å²) < 4.78 is 28.2. The molecule has 0 heterocycles. The molecule has 0 aliphatic heterocycles. The molecule has 0 atom stereocenters. The molecule has 19 heavy (non-hydrogen) atoms. The van der Waals surface area contributed by atoms with E-state index in [0.717, 1.165) is 0 Å². The van der Waals surface area contributed by atoms with Crippen LogP contribution in [0.3, 0.4) is 0 Å². The molecule has 0 saturated heterocycles. The number of alkyl halides is 2. The van der Waals surface area contributed by atoms with Crippen molar-refractivity contribution in [3.8, 4) is 0 Å². The van der Waals surface area contributed by atoms with Crippen LogP contribution in [0.2, 0.25) is 0 Å². The monoisotopic (exact) mass is 271 g/mol. The number of aliphatic carboxylic acids is 1. The minimum Gasteiger partial charge on any atom is -0.481 e. The van der Waals surface area contributed by atoms with Crippen LogP contribution in [0.1, 0.15) is 25.8 Å². The van der Waals surface area contributed by atoms with Gasteiger partial charge in [-0.05, 0) is 13.8 Å². The number of carboxylic acid groups (broad SMARTS) is 1. The molecule has 0 aliphatic rings. The summed E-state index contributed by atoms with van der Waals surface area (Å²) in [5, 5.41) is 8.65. The zero-order chi connectivity index (χ0) is 14.5. The Kier molecular flexibility index (Phi) is 5.42. The van der Waals surface area contributed by atoms with Gasteiger partial charge < -0.3 is 5.11 Å². The van der Waals surface area contributed by atoms with E-state index in [1.807, 2.05) is 0 Å². The first-order valence-corrected chi connectivity index (χ1v) is 6.22. The van der Waals surface area contributed by atoms with Crippen molar-refractivity contribution in [2.75, 3.05) is 13.1 Å². The van der Waals surface area contributed by atoms with Gasteiger partial charge in [-0.3, -0.25) is 9.69 Å². The maximum absolute atomic E-state index is 14.1. The van der Waals surface area contributed by atoms with E-state index in [0.29, 0.717) is 0 Å². The number of hydrogen-bond acceptors (Lipinski definition) is 2. The van der Waals surface area contributed by atoms with Crippen molar-refractivity contribution < 1.29 is 18.7 Å². The van der Waals surface area contributed by atoms with Crippen LogP contribution in [0.5, 0.6) is 0 Å². The van der Waals surface area contributed by atoms with Crippen molar-refractivity contribution in [2.24, 2.45) is 0 Å². The van der Waals surface area contributed by atoms with Crippen LogP contribution in [0.25, 0.3) is 0 Å². The van der Waals surface area contributed by atoms with Crippen molar-refractivity contribution in [2.45, 2.75) is 32.2 Å². The molecule has 5 heteroatoms. The Hall–Kier alpha value is -1.49. The molecule has 106 valence electrons. The third kappa shape index (κ3) is 4.95. The highest BCUT2D eigenvalue weighted by Crippen LogP contribution is 2.29. The van der Waals surface area contributed by atoms with Gasteiger partial charge in [0.05, 0.1) is 13.0 Å². The van der Waals surface area contributed by atoms with E-state index in [9.17, 15) is 13.6 Å². The molecule has 0 amide bonds. The molecule has 0 spiro atoms. The quantitative estimate of drug-likeness (QED) is 0.829. The van der Waals surface area contributed by atoms with Gasteiger partial charge >= 0.3 is 5.97 Å². The maximum atomic E-state index is 14.1. The zero-order valence-electron chi connectivity index (χ0n) is 11.1. The normalized spacial score (nSPS) is 12.1. The van der Waals surface area contributed by atoms with Crippen LogP contribution < -0.4 is 0 Å². The Labute approximate surface area is 111 Å². The van der Waals surface area contributed by atoms with Gasteiger partial charge in [0.25, 0.3) is 5.92 Å². The molecule has 1 rings (SSSR count). The molecule has 0 fully saturated rings. The second-order valence-electron chi connectivity index (χ2n) is 4.78. The van der Waals surface area contributed by atoms with E-state index in [-0.39, 0.29) is 24.6 Å². The van der Waals surface area contributed by atoms with E-state index < -0.39 is 18.4 Å². The maximum Gasteiger partial charge on any atom is 0.304 e. The van der Waals surface area contributed by atoms with Gasteiger partial charge in [0, 0.05) is 18.2 Å².